The van der Waals surface area contributed by atoms with Gasteiger partial charge in [0.1, 0.15) is 0 Å². The number of allylic oxidation sites excluding steroid dienone is 3. The molecule has 0 bridgehead atoms. The Hall–Kier alpha value is -0.655. The molecule has 0 aromatic carbocycles. The van der Waals surface area contributed by atoms with E-state index >= 15 is 0 Å². The molecule has 1 nitrogen and oxygen atoms in total. The third-order valence-electron chi connectivity index (χ3n) is 1.98. The lowest BCUT2D eigenvalue weighted by atomic mass is 9.60. The van der Waals surface area contributed by atoms with Crippen LogP contribution in [-0.4, -0.2) is 26.3 Å². The van der Waals surface area contributed by atoms with E-state index in [0.29, 0.717) is 5.82 Å². The van der Waals surface area contributed by atoms with Gasteiger partial charge in [0.2, 0.25) is 0 Å². The largest absolute Gasteiger partial charge is 0.381 e. The summed E-state index contributed by atoms with van der Waals surface area (Å²) in [6.45, 7) is 10.7. The van der Waals surface area contributed by atoms with E-state index in [2.05, 4.69) is 52.4 Å². The molecular weight excluding hydrogens is 157 g/mol. The summed E-state index contributed by atoms with van der Waals surface area (Å²) in [5, 5.41) is 0. The van der Waals surface area contributed by atoms with Crippen LogP contribution in [0.15, 0.2) is 23.8 Å². The topological polar surface area (TPSA) is 3.24 Å². The summed E-state index contributed by atoms with van der Waals surface area (Å²) in [5.74, 6) is 0.698. The normalized spacial score (nSPS) is 11.7. The molecule has 0 aliphatic heterocycles. The molecule has 0 amide bonds. The van der Waals surface area contributed by atoms with Crippen LogP contribution in [0.1, 0.15) is 27.2 Å². The molecule has 0 saturated heterocycles. The van der Waals surface area contributed by atoms with Gasteiger partial charge in [0, 0.05) is 19.8 Å². The third kappa shape index (κ3) is 5.56. The monoisotopic (exact) mass is 179 g/mol. The van der Waals surface area contributed by atoms with Gasteiger partial charge in [-0.25, -0.2) is 0 Å². The average molecular weight is 179 g/mol. The van der Waals surface area contributed by atoms with E-state index in [9.17, 15) is 0 Å². The predicted molar refractivity (Wildman–Crippen MR) is 63.4 cm³/mol. The highest BCUT2D eigenvalue weighted by atomic mass is 15.1. The summed E-state index contributed by atoms with van der Waals surface area (Å²) >= 11 is 0. The van der Waals surface area contributed by atoms with Gasteiger partial charge in [0.05, 0.1) is 0 Å². The Morgan fingerprint density at radius 1 is 1.46 bits per heavy atom. The minimum Gasteiger partial charge on any atom is -0.381 e. The number of nitrogens with zero attached hydrogens (tertiary/aromatic N) is 1. The van der Waals surface area contributed by atoms with Crippen molar-refractivity contribution in [3.05, 3.63) is 23.8 Å². The molecule has 0 rings (SSSR count). The molecule has 0 aromatic rings. The van der Waals surface area contributed by atoms with E-state index in [1.54, 1.807) is 0 Å². The highest BCUT2D eigenvalue weighted by molar-refractivity contribution is 6.47. The lowest BCUT2D eigenvalue weighted by Crippen LogP contribution is -2.11. The molecule has 0 aliphatic carbocycles. The number of hydrogen-bond donors (Lipinski definition) is 0. The first-order chi connectivity index (χ1) is 5.97. The molecule has 0 fully saturated rings. The van der Waals surface area contributed by atoms with E-state index in [1.165, 1.54) is 11.2 Å². The van der Waals surface area contributed by atoms with Crippen molar-refractivity contribution in [3.63, 3.8) is 0 Å². The molecule has 0 N–H and O–H groups in total. The van der Waals surface area contributed by atoms with Crippen LogP contribution in [0.4, 0.5) is 0 Å². The fourth-order valence-corrected chi connectivity index (χ4v) is 1.37. The summed E-state index contributed by atoms with van der Waals surface area (Å²) in [4.78, 5) is 2.16. The Balaban J connectivity index is 4.25. The standard InChI is InChI=1S/C11H22BN/c1-7-11(13(5)6)8-10(4)12-9(2)3/h8-9,12H,4,7H2,1-3,5-6H3/b11-8-. The Labute approximate surface area is 83.8 Å². The van der Waals surface area contributed by atoms with Gasteiger partial charge in [-0.1, -0.05) is 32.1 Å². The molecule has 0 unspecified atom stereocenters. The average Bonchev–Trinajstić information content (AvgIpc) is 1.98. The quantitative estimate of drug-likeness (QED) is 0.463. The molecule has 0 atom stereocenters. The summed E-state index contributed by atoms with van der Waals surface area (Å²) in [6.07, 6.45) is 3.28. The lowest BCUT2D eigenvalue weighted by molar-refractivity contribution is 0.494. The van der Waals surface area contributed by atoms with Crippen molar-refractivity contribution < 1.29 is 0 Å². The van der Waals surface area contributed by atoms with E-state index in [1.807, 2.05) is 0 Å². The molecule has 0 radical (unpaired) electrons. The summed E-state index contributed by atoms with van der Waals surface area (Å²) in [7, 11) is 5.26. The second-order valence-electron chi connectivity index (χ2n) is 4.14. The molecule has 13 heavy (non-hydrogen) atoms. The van der Waals surface area contributed by atoms with Crippen LogP contribution in [0.3, 0.4) is 0 Å². The zero-order valence-corrected chi connectivity index (χ0v) is 9.72. The van der Waals surface area contributed by atoms with Crippen molar-refractivity contribution in [2.75, 3.05) is 14.1 Å². The summed E-state index contributed by atoms with van der Waals surface area (Å²) < 4.78 is 0. The molecule has 0 aromatic heterocycles. The van der Waals surface area contributed by atoms with E-state index in [0.717, 1.165) is 13.7 Å². The van der Waals surface area contributed by atoms with Crippen LogP contribution < -0.4 is 0 Å². The van der Waals surface area contributed by atoms with Crippen molar-refractivity contribution in [1.82, 2.24) is 4.90 Å². The van der Waals surface area contributed by atoms with Crippen molar-refractivity contribution in [2.45, 2.75) is 33.0 Å². The Kier molecular flexibility index (Phi) is 5.60. The highest BCUT2D eigenvalue weighted by Gasteiger charge is 2.01. The molecule has 0 aliphatic rings. The Morgan fingerprint density at radius 2 is 2.00 bits per heavy atom. The van der Waals surface area contributed by atoms with Crippen molar-refractivity contribution in [2.24, 2.45) is 0 Å². The van der Waals surface area contributed by atoms with Crippen molar-refractivity contribution >= 4 is 7.28 Å². The molecular formula is C11H22BN. The van der Waals surface area contributed by atoms with Gasteiger partial charge in [-0.15, -0.1) is 6.58 Å². The van der Waals surface area contributed by atoms with Crippen LogP contribution in [0.25, 0.3) is 0 Å². The first-order valence-electron chi connectivity index (χ1n) is 5.03. The van der Waals surface area contributed by atoms with Gasteiger partial charge in [-0.3, -0.25) is 0 Å². The van der Waals surface area contributed by atoms with Crippen LogP contribution >= 0.6 is 0 Å². The second kappa shape index (κ2) is 5.90. The Morgan fingerprint density at radius 3 is 2.31 bits per heavy atom. The van der Waals surface area contributed by atoms with Crippen LogP contribution in [0, 0.1) is 0 Å². The van der Waals surface area contributed by atoms with E-state index < -0.39 is 0 Å². The maximum Gasteiger partial charge on any atom is 0.159 e. The van der Waals surface area contributed by atoms with Gasteiger partial charge < -0.3 is 4.90 Å². The first kappa shape index (κ1) is 12.3. The SMILES string of the molecule is C=C(BC(C)C)/C=C(/CC)N(C)C. The zero-order chi connectivity index (χ0) is 10.4. The van der Waals surface area contributed by atoms with E-state index in [-0.39, 0.29) is 0 Å². The van der Waals surface area contributed by atoms with Gasteiger partial charge in [0.25, 0.3) is 0 Å². The zero-order valence-electron chi connectivity index (χ0n) is 9.72. The molecule has 2 heteroatoms. The lowest BCUT2D eigenvalue weighted by Gasteiger charge is -2.16. The highest BCUT2D eigenvalue weighted by Crippen LogP contribution is 2.10. The van der Waals surface area contributed by atoms with Crippen LogP contribution in [0.2, 0.25) is 5.82 Å². The molecule has 0 heterocycles. The first-order valence-corrected chi connectivity index (χ1v) is 5.03. The van der Waals surface area contributed by atoms with Gasteiger partial charge in [0.15, 0.2) is 7.28 Å². The maximum absolute atomic E-state index is 4.06. The number of rotatable bonds is 5. The molecule has 0 saturated carbocycles. The van der Waals surface area contributed by atoms with Crippen molar-refractivity contribution in [3.8, 4) is 0 Å². The smallest absolute Gasteiger partial charge is 0.159 e. The predicted octanol–water partition coefficient (Wildman–Crippen LogP) is 2.62. The molecule has 0 spiro atoms. The van der Waals surface area contributed by atoms with Gasteiger partial charge >= 0.3 is 0 Å². The summed E-state index contributed by atoms with van der Waals surface area (Å²) in [6, 6.07) is 0. The van der Waals surface area contributed by atoms with E-state index in [4.69, 9.17) is 0 Å². The van der Waals surface area contributed by atoms with Crippen LogP contribution in [0.5, 0.6) is 0 Å². The number of hydrogen-bond acceptors (Lipinski definition) is 1. The minimum absolute atomic E-state index is 0.698. The van der Waals surface area contributed by atoms with Gasteiger partial charge in [-0.2, -0.15) is 0 Å². The van der Waals surface area contributed by atoms with Crippen molar-refractivity contribution in [1.29, 1.82) is 0 Å². The summed E-state index contributed by atoms with van der Waals surface area (Å²) in [5.41, 5.74) is 2.59. The fourth-order valence-electron chi connectivity index (χ4n) is 1.37. The third-order valence-corrected chi connectivity index (χ3v) is 1.98. The maximum atomic E-state index is 4.06. The fraction of sp³-hybridized carbons (Fsp3) is 0.636. The molecule has 74 valence electrons. The minimum atomic E-state index is 0.698. The van der Waals surface area contributed by atoms with Crippen LogP contribution in [-0.2, 0) is 0 Å². The van der Waals surface area contributed by atoms with Gasteiger partial charge in [-0.05, 0) is 12.5 Å². The Bertz CT molecular complexity index is 192. The second-order valence-corrected chi connectivity index (χ2v) is 4.14.